The van der Waals surface area contributed by atoms with Gasteiger partial charge in [-0.1, -0.05) is 66.4 Å². The Morgan fingerprint density at radius 3 is 2.50 bits per heavy atom. The molecule has 1 fully saturated rings. The SMILES string of the molecule is O=C1C(=Cc2ccc(O)cc2)SC(=S)N1CCCc1ccccc1. The van der Waals surface area contributed by atoms with E-state index in [1.165, 1.54) is 17.3 Å². The summed E-state index contributed by atoms with van der Waals surface area (Å²) in [6.07, 6.45) is 3.62. The lowest BCUT2D eigenvalue weighted by Gasteiger charge is -2.14. The fourth-order valence-corrected chi connectivity index (χ4v) is 3.81. The number of amides is 1. The number of hydrogen-bond donors (Lipinski definition) is 1. The number of carbonyl (C=O) groups is 1. The number of aryl methyl sites for hydroxylation is 1. The van der Waals surface area contributed by atoms with Crippen LogP contribution in [0.15, 0.2) is 59.5 Å². The maximum atomic E-state index is 12.5. The first-order valence-corrected chi connectivity index (χ1v) is 8.94. The molecule has 0 bridgehead atoms. The molecule has 0 atom stereocenters. The van der Waals surface area contributed by atoms with Crippen molar-refractivity contribution in [2.24, 2.45) is 0 Å². The van der Waals surface area contributed by atoms with Crippen molar-refractivity contribution in [1.29, 1.82) is 0 Å². The van der Waals surface area contributed by atoms with Gasteiger partial charge in [-0.25, -0.2) is 0 Å². The number of carbonyl (C=O) groups excluding carboxylic acids is 1. The molecule has 1 aliphatic heterocycles. The highest BCUT2D eigenvalue weighted by molar-refractivity contribution is 8.26. The Bertz CT molecular complexity index is 770. The van der Waals surface area contributed by atoms with Crippen molar-refractivity contribution in [3.63, 3.8) is 0 Å². The first-order valence-electron chi connectivity index (χ1n) is 7.72. The van der Waals surface area contributed by atoms with Crippen molar-refractivity contribution in [3.8, 4) is 5.75 Å². The Hall–Kier alpha value is -2.11. The molecule has 0 aliphatic carbocycles. The van der Waals surface area contributed by atoms with Crippen LogP contribution >= 0.6 is 24.0 Å². The number of nitrogens with zero attached hydrogens (tertiary/aromatic N) is 1. The molecule has 2 aromatic rings. The van der Waals surface area contributed by atoms with Crippen LogP contribution in [-0.2, 0) is 11.2 Å². The molecule has 3 nitrogen and oxygen atoms in total. The van der Waals surface area contributed by atoms with E-state index in [2.05, 4.69) is 12.1 Å². The van der Waals surface area contributed by atoms with Gasteiger partial charge in [0.1, 0.15) is 10.1 Å². The minimum atomic E-state index is -0.0360. The molecule has 0 unspecified atom stereocenters. The molecule has 3 rings (SSSR count). The first kappa shape index (κ1) is 16.7. The van der Waals surface area contributed by atoms with E-state index in [1.807, 2.05) is 24.3 Å². The average Bonchev–Trinajstić information content (AvgIpc) is 2.85. The molecule has 2 aromatic carbocycles. The van der Waals surface area contributed by atoms with Gasteiger partial charge < -0.3 is 5.11 Å². The Kier molecular flexibility index (Phi) is 5.33. The number of thioether (sulfide) groups is 1. The van der Waals surface area contributed by atoms with E-state index in [0.29, 0.717) is 15.8 Å². The molecule has 1 N–H and O–H groups in total. The predicted octanol–water partition coefficient (Wildman–Crippen LogP) is 4.23. The van der Waals surface area contributed by atoms with Crippen molar-refractivity contribution in [3.05, 3.63) is 70.6 Å². The average molecular weight is 355 g/mol. The Morgan fingerprint density at radius 2 is 1.79 bits per heavy atom. The highest BCUT2D eigenvalue weighted by Gasteiger charge is 2.31. The number of phenolic OH excluding ortho intramolecular Hbond substituents is 1. The molecule has 0 saturated carbocycles. The summed E-state index contributed by atoms with van der Waals surface area (Å²) in [6.45, 7) is 0.631. The van der Waals surface area contributed by atoms with Crippen LogP contribution in [0.25, 0.3) is 6.08 Å². The van der Waals surface area contributed by atoms with Gasteiger partial charge in [-0.2, -0.15) is 0 Å². The summed E-state index contributed by atoms with van der Waals surface area (Å²) in [4.78, 5) is 14.8. The maximum Gasteiger partial charge on any atom is 0.266 e. The Balaban J connectivity index is 1.62. The summed E-state index contributed by atoms with van der Waals surface area (Å²) in [5, 5.41) is 9.32. The number of phenols is 1. The van der Waals surface area contributed by atoms with E-state index in [9.17, 15) is 9.90 Å². The Labute approximate surface area is 151 Å². The maximum absolute atomic E-state index is 12.5. The van der Waals surface area contributed by atoms with Crippen LogP contribution < -0.4 is 0 Å². The van der Waals surface area contributed by atoms with Gasteiger partial charge in [-0.05, 0) is 42.2 Å². The number of hydrogen-bond acceptors (Lipinski definition) is 4. The van der Waals surface area contributed by atoms with Gasteiger partial charge in [0.2, 0.25) is 0 Å². The van der Waals surface area contributed by atoms with Gasteiger partial charge in [0.05, 0.1) is 4.91 Å². The molecule has 1 amide bonds. The fourth-order valence-electron chi connectivity index (χ4n) is 2.50. The van der Waals surface area contributed by atoms with Crippen molar-refractivity contribution in [1.82, 2.24) is 4.90 Å². The zero-order chi connectivity index (χ0) is 16.9. The molecule has 0 radical (unpaired) electrons. The molecule has 1 saturated heterocycles. The largest absolute Gasteiger partial charge is 0.508 e. The second-order valence-corrected chi connectivity index (χ2v) is 7.19. The summed E-state index contributed by atoms with van der Waals surface area (Å²) in [7, 11) is 0. The number of thiocarbonyl (C=S) groups is 1. The van der Waals surface area contributed by atoms with Crippen LogP contribution in [0.3, 0.4) is 0 Å². The van der Waals surface area contributed by atoms with E-state index in [-0.39, 0.29) is 11.7 Å². The van der Waals surface area contributed by atoms with Crippen LogP contribution in [0.1, 0.15) is 17.5 Å². The second kappa shape index (κ2) is 7.64. The molecule has 0 aromatic heterocycles. The quantitative estimate of drug-likeness (QED) is 0.644. The van der Waals surface area contributed by atoms with Crippen LogP contribution in [0.5, 0.6) is 5.75 Å². The third-order valence-electron chi connectivity index (χ3n) is 3.75. The molecule has 24 heavy (non-hydrogen) atoms. The molecule has 5 heteroatoms. The highest BCUT2D eigenvalue weighted by Crippen LogP contribution is 2.32. The van der Waals surface area contributed by atoms with E-state index >= 15 is 0 Å². The molecule has 1 aliphatic rings. The monoisotopic (exact) mass is 355 g/mol. The van der Waals surface area contributed by atoms with Crippen LogP contribution in [-0.4, -0.2) is 26.8 Å². The lowest BCUT2D eigenvalue weighted by Crippen LogP contribution is -2.29. The molecule has 1 heterocycles. The standard InChI is InChI=1S/C19H17NO2S2/c21-16-10-8-15(9-11-16)13-17-18(22)20(19(23)24-17)12-4-7-14-5-2-1-3-6-14/h1-3,5-6,8-11,13,21H,4,7,12H2. The van der Waals surface area contributed by atoms with Crippen LogP contribution in [0, 0.1) is 0 Å². The summed E-state index contributed by atoms with van der Waals surface area (Å²) in [5.74, 6) is 0.173. The van der Waals surface area contributed by atoms with Crippen LogP contribution in [0.4, 0.5) is 0 Å². The normalized spacial score (nSPS) is 16.2. The smallest absolute Gasteiger partial charge is 0.266 e. The summed E-state index contributed by atoms with van der Waals surface area (Å²) >= 11 is 6.68. The zero-order valence-corrected chi connectivity index (χ0v) is 14.6. The van der Waals surface area contributed by atoms with E-state index in [0.717, 1.165) is 18.4 Å². The minimum Gasteiger partial charge on any atom is -0.508 e. The summed E-state index contributed by atoms with van der Waals surface area (Å²) < 4.78 is 0.609. The highest BCUT2D eigenvalue weighted by atomic mass is 32.2. The third-order valence-corrected chi connectivity index (χ3v) is 5.13. The number of benzene rings is 2. The number of rotatable bonds is 5. The lowest BCUT2D eigenvalue weighted by atomic mass is 10.1. The molecule has 122 valence electrons. The van der Waals surface area contributed by atoms with Gasteiger partial charge >= 0.3 is 0 Å². The summed E-state index contributed by atoms with van der Waals surface area (Å²) in [5.41, 5.74) is 2.14. The summed E-state index contributed by atoms with van der Waals surface area (Å²) in [6, 6.07) is 17.0. The fraction of sp³-hybridized carbons (Fsp3) is 0.158. The van der Waals surface area contributed by atoms with E-state index < -0.39 is 0 Å². The minimum absolute atomic E-state index is 0.0360. The predicted molar refractivity (Wildman–Crippen MR) is 103 cm³/mol. The van der Waals surface area contributed by atoms with E-state index in [1.54, 1.807) is 29.2 Å². The van der Waals surface area contributed by atoms with Crippen LogP contribution in [0.2, 0.25) is 0 Å². The van der Waals surface area contributed by atoms with E-state index in [4.69, 9.17) is 12.2 Å². The lowest BCUT2D eigenvalue weighted by molar-refractivity contribution is -0.122. The van der Waals surface area contributed by atoms with Gasteiger partial charge in [-0.15, -0.1) is 0 Å². The van der Waals surface area contributed by atoms with Gasteiger partial charge in [0.15, 0.2) is 0 Å². The van der Waals surface area contributed by atoms with Crippen molar-refractivity contribution < 1.29 is 9.90 Å². The van der Waals surface area contributed by atoms with Crippen molar-refractivity contribution >= 4 is 40.3 Å². The first-order chi connectivity index (χ1) is 11.6. The molecule has 0 spiro atoms. The van der Waals surface area contributed by atoms with Crippen molar-refractivity contribution in [2.45, 2.75) is 12.8 Å². The van der Waals surface area contributed by atoms with Gasteiger partial charge in [-0.3, -0.25) is 9.69 Å². The second-order valence-electron chi connectivity index (χ2n) is 5.51. The molecular weight excluding hydrogens is 338 g/mol. The molecular formula is C19H17NO2S2. The third kappa shape index (κ3) is 4.04. The Morgan fingerprint density at radius 1 is 1.08 bits per heavy atom. The topological polar surface area (TPSA) is 40.5 Å². The zero-order valence-electron chi connectivity index (χ0n) is 13.0. The number of aromatic hydroxyl groups is 1. The van der Waals surface area contributed by atoms with Gasteiger partial charge in [0.25, 0.3) is 5.91 Å². The van der Waals surface area contributed by atoms with Gasteiger partial charge in [0, 0.05) is 6.54 Å². The van der Waals surface area contributed by atoms with Crippen molar-refractivity contribution in [2.75, 3.05) is 6.54 Å².